The molecule has 0 aliphatic carbocycles. The molecule has 5 nitrogen and oxygen atoms in total. The Morgan fingerprint density at radius 2 is 1.55 bits per heavy atom. The Hall–Kier alpha value is -3.67. The van der Waals surface area contributed by atoms with Crippen LogP contribution in [-0.2, 0) is 22.6 Å². The number of nitrogens with one attached hydrogen (secondary N) is 2. The number of amides is 2. The van der Waals surface area contributed by atoms with E-state index >= 15 is 0 Å². The van der Waals surface area contributed by atoms with Crippen molar-refractivity contribution < 1.29 is 18.7 Å². The van der Waals surface area contributed by atoms with Gasteiger partial charge >= 0.3 is 0 Å². The maximum Gasteiger partial charge on any atom is 0.228 e. The lowest BCUT2D eigenvalue weighted by molar-refractivity contribution is -0.116. The number of hydrogen-bond donors (Lipinski definition) is 2. The highest BCUT2D eigenvalue weighted by Crippen LogP contribution is 2.19. The summed E-state index contributed by atoms with van der Waals surface area (Å²) >= 11 is 0. The summed E-state index contributed by atoms with van der Waals surface area (Å²) < 4.78 is 18.7. The van der Waals surface area contributed by atoms with Crippen LogP contribution in [0.5, 0.6) is 5.75 Å². The van der Waals surface area contributed by atoms with Crippen LogP contribution >= 0.6 is 0 Å². The molecule has 2 N–H and O–H groups in total. The van der Waals surface area contributed by atoms with Crippen LogP contribution in [0.3, 0.4) is 0 Å². The molecule has 0 aliphatic heterocycles. The van der Waals surface area contributed by atoms with Crippen molar-refractivity contribution in [1.82, 2.24) is 0 Å². The molecule has 0 saturated carbocycles. The van der Waals surface area contributed by atoms with Crippen LogP contribution in [0.15, 0.2) is 72.8 Å². The number of rotatable bonds is 7. The minimum atomic E-state index is -0.289. The molecule has 0 unspecified atom stereocenters. The molecule has 0 fully saturated rings. The molecule has 2 amide bonds. The van der Waals surface area contributed by atoms with Crippen LogP contribution in [0.4, 0.5) is 15.8 Å². The second-order valence-corrected chi connectivity index (χ2v) is 6.55. The smallest absolute Gasteiger partial charge is 0.228 e. The van der Waals surface area contributed by atoms with Gasteiger partial charge in [-0.3, -0.25) is 9.59 Å². The highest BCUT2D eigenvalue weighted by atomic mass is 19.1. The van der Waals surface area contributed by atoms with E-state index in [0.29, 0.717) is 23.7 Å². The summed E-state index contributed by atoms with van der Waals surface area (Å²) in [4.78, 5) is 23.4. The number of anilines is 2. The van der Waals surface area contributed by atoms with Crippen molar-refractivity contribution in [1.29, 1.82) is 0 Å². The van der Waals surface area contributed by atoms with Gasteiger partial charge in [-0.2, -0.15) is 0 Å². The van der Waals surface area contributed by atoms with Crippen LogP contribution in [0, 0.1) is 5.82 Å². The Labute approximate surface area is 168 Å². The summed E-state index contributed by atoms with van der Waals surface area (Å²) in [5.74, 6) is 0.0139. The van der Waals surface area contributed by atoms with Gasteiger partial charge in [0.1, 0.15) is 18.2 Å². The standard InChI is InChI=1S/C23H21FN2O3/c1-16(27)25-20-11-7-17(8-12-20)13-23(28)26-21-3-2-4-22(14-21)29-15-18-5-9-19(24)10-6-18/h2-12,14H,13,15H2,1H3,(H,25,27)(H,26,28). The van der Waals surface area contributed by atoms with Crippen molar-refractivity contribution in [3.63, 3.8) is 0 Å². The van der Waals surface area contributed by atoms with Crippen molar-refractivity contribution in [3.05, 3.63) is 89.7 Å². The van der Waals surface area contributed by atoms with E-state index in [4.69, 9.17) is 4.74 Å². The molecule has 0 radical (unpaired) electrons. The maximum absolute atomic E-state index is 13.0. The molecule has 148 valence electrons. The zero-order valence-corrected chi connectivity index (χ0v) is 15.9. The molecule has 3 rings (SSSR count). The Bertz CT molecular complexity index is 986. The van der Waals surface area contributed by atoms with E-state index in [1.807, 2.05) is 0 Å². The van der Waals surface area contributed by atoms with E-state index in [9.17, 15) is 14.0 Å². The SMILES string of the molecule is CC(=O)Nc1ccc(CC(=O)Nc2cccc(OCc3ccc(F)cc3)c2)cc1. The first-order valence-corrected chi connectivity index (χ1v) is 9.11. The van der Waals surface area contributed by atoms with Crippen LogP contribution in [0.25, 0.3) is 0 Å². The van der Waals surface area contributed by atoms with Gasteiger partial charge in [-0.15, -0.1) is 0 Å². The van der Waals surface area contributed by atoms with Crippen LogP contribution in [0.2, 0.25) is 0 Å². The average molecular weight is 392 g/mol. The van der Waals surface area contributed by atoms with Crippen LogP contribution in [0.1, 0.15) is 18.1 Å². The van der Waals surface area contributed by atoms with Gasteiger partial charge in [0.25, 0.3) is 0 Å². The zero-order chi connectivity index (χ0) is 20.6. The number of ether oxygens (including phenoxy) is 1. The third-order valence-corrected chi connectivity index (χ3v) is 4.08. The highest BCUT2D eigenvalue weighted by molar-refractivity contribution is 5.92. The molecule has 6 heteroatoms. The van der Waals surface area contributed by atoms with Gasteiger partial charge in [0.2, 0.25) is 11.8 Å². The number of hydrogen-bond acceptors (Lipinski definition) is 3. The fourth-order valence-electron chi connectivity index (χ4n) is 2.71. The minimum Gasteiger partial charge on any atom is -0.489 e. The van der Waals surface area contributed by atoms with Gasteiger partial charge in [-0.25, -0.2) is 4.39 Å². The normalized spacial score (nSPS) is 10.3. The van der Waals surface area contributed by atoms with Gasteiger partial charge in [-0.05, 0) is 47.5 Å². The van der Waals surface area contributed by atoms with Crippen LogP contribution < -0.4 is 15.4 Å². The molecular weight excluding hydrogens is 371 g/mol. The molecule has 3 aromatic carbocycles. The Morgan fingerprint density at radius 3 is 2.24 bits per heavy atom. The molecule has 0 saturated heterocycles. The predicted octanol–water partition coefficient (Wildman–Crippen LogP) is 4.54. The molecule has 29 heavy (non-hydrogen) atoms. The summed E-state index contributed by atoms with van der Waals surface area (Å²) in [6.07, 6.45) is 0.209. The first kappa shape index (κ1) is 20.1. The van der Waals surface area contributed by atoms with Crippen molar-refractivity contribution in [2.75, 3.05) is 10.6 Å². The third kappa shape index (κ3) is 6.46. The first-order chi connectivity index (χ1) is 14.0. The number of carbonyl (C=O) groups is 2. The van der Waals surface area contributed by atoms with Crippen LogP contribution in [-0.4, -0.2) is 11.8 Å². The lowest BCUT2D eigenvalue weighted by Crippen LogP contribution is -2.14. The second kappa shape index (κ2) is 9.50. The number of carbonyl (C=O) groups excluding carboxylic acids is 2. The van der Waals surface area contributed by atoms with Gasteiger partial charge < -0.3 is 15.4 Å². The van der Waals surface area contributed by atoms with E-state index in [0.717, 1.165) is 11.1 Å². The van der Waals surface area contributed by atoms with E-state index in [1.54, 1.807) is 60.7 Å². The molecule has 0 aliphatic rings. The van der Waals surface area contributed by atoms with E-state index in [-0.39, 0.29) is 24.1 Å². The largest absolute Gasteiger partial charge is 0.489 e. The summed E-state index contributed by atoms with van der Waals surface area (Å²) in [6, 6.07) is 20.3. The quantitative estimate of drug-likeness (QED) is 0.620. The van der Waals surface area contributed by atoms with Gasteiger partial charge in [-0.1, -0.05) is 30.3 Å². The lowest BCUT2D eigenvalue weighted by atomic mass is 10.1. The monoisotopic (exact) mass is 392 g/mol. The topological polar surface area (TPSA) is 67.4 Å². The number of halogens is 1. The summed E-state index contributed by atoms with van der Waals surface area (Å²) in [6.45, 7) is 1.75. The minimum absolute atomic E-state index is 0.142. The van der Waals surface area contributed by atoms with Crippen molar-refractivity contribution in [2.45, 2.75) is 20.0 Å². The average Bonchev–Trinajstić information content (AvgIpc) is 2.69. The Balaban J connectivity index is 1.54. The van der Waals surface area contributed by atoms with Gasteiger partial charge in [0.15, 0.2) is 0 Å². The van der Waals surface area contributed by atoms with Crippen molar-refractivity contribution >= 4 is 23.2 Å². The van der Waals surface area contributed by atoms with Gasteiger partial charge in [0, 0.05) is 24.4 Å². The van der Waals surface area contributed by atoms with Crippen molar-refractivity contribution in [2.24, 2.45) is 0 Å². The third-order valence-electron chi connectivity index (χ3n) is 4.08. The maximum atomic E-state index is 13.0. The van der Waals surface area contributed by atoms with E-state index < -0.39 is 0 Å². The first-order valence-electron chi connectivity index (χ1n) is 9.11. The Kier molecular flexibility index (Phi) is 6.58. The van der Waals surface area contributed by atoms with Crippen molar-refractivity contribution in [3.8, 4) is 5.75 Å². The Morgan fingerprint density at radius 1 is 0.862 bits per heavy atom. The molecule has 0 bridgehead atoms. The molecule has 0 heterocycles. The summed E-state index contributed by atoms with van der Waals surface area (Å²) in [7, 11) is 0. The second-order valence-electron chi connectivity index (χ2n) is 6.55. The molecule has 0 atom stereocenters. The van der Waals surface area contributed by atoms with E-state index in [2.05, 4.69) is 10.6 Å². The fourth-order valence-corrected chi connectivity index (χ4v) is 2.71. The summed E-state index contributed by atoms with van der Waals surface area (Å²) in [5, 5.41) is 5.53. The lowest BCUT2D eigenvalue weighted by Gasteiger charge is -2.10. The molecule has 0 spiro atoms. The molecule has 3 aromatic rings. The summed E-state index contributed by atoms with van der Waals surface area (Å²) in [5.41, 5.74) is 3.00. The fraction of sp³-hybridized carbons (Fsp3) is 0.130. The highest BCUT2D eigenvalue weighted by Gasteiger charge is 2.06. The zero-order valence-electron chi connectivity index (χ0n) is 15.9. The van der Waals surface area contributed by atoms with E-state index in [1.165, 1.54) is 19.1 Å². The molecule has 0 aromatic heterocycles. The number of benzene rings is 3. The molecular formula is C23H21FN2O3. The predicted molar refractivity (Wildman–Crippen MR) is 110 cm³/mol. The van der Waals surface area contributed by atoms with Gasteiger partial charge in [0.05, 0.1) is 6.42 Å².